The molecule has 0 aromatic heterocycles. The third kappa shape index (κ3) is 7.69. The molecule has 0 bridgehead atoms. The molecule has 0 heterocycles. The van der Waals surface area contributed by atoms with E-state index in [1.807, 2.05) is 94.4 Å². The van der Waals surface area contributed by atoms with Gasteiger partial charge in [-0.15, -0.1) is 0 Å². The van der Waals surface area contributed by atoms with Crippen LogP contribution in [0.25, 0.3) is 0 Å². The standard InChI is InChI=1S/C30H35ClN2O2/c1-5-23(4)32-30(35)28(18-24-10-7-6-8-11-24)33(20-25-12-9-13-27(31)17-25)29(34)19-26-16-21(2)14-15-22(26)3/h6-17,23,28H,5,18-20H2,1-4H3,(H,32,35)/t23-,28-/m1/s1. The summed E-state index contributed by atoms with van der Waals surface area (Å²) in [5.41, 5.74) is 5.05. The van der Waals surface area contributed by atoms with E-state index >= 15 is 0 Å². The molecule has 0 aliphatic heterocycles. The van der Waals surface area contributed by atoms with Crippen LogP contribution in [0.1, 0.15) is 48.1 Å². The second-order valence-electron chi connectivity index (χ2n) is 9.28. The molecule has 35 heavy (non-hydrogen) atoms. The number of benzene rings is 3. The first-order valence-electron chi connectivity index (χ1n) is 12.2. The fourth-order valence-electron chi connectivity index (χ4n) is 4.08. The number of nitrogens with zero attached hydrogens (tertiary/aromatic N) is 1. The van der Waals surface area contributed by atoms with Gasteiger partial charge in [-0.05, 0) is 61.6 Å². The van der Waals surface area contributed by atoms with Crippen LogP contribution in [-0.2, 0) is 29.0 Å². The van der Waals surface area contributed by atoms with Crippen molar-refractivity contribution in [2.24, 2.45) is 0 Å². The molecule has 1 N–H and O–H groups in total. The number of carbonyl (C=O) groups excluding carboxylic acids is 2. The number of amides is 2. The Bertz CT molecular complexity index is 1150. The summed E-state index contributed by atoms with van der Waals surface area (Å²) in [5, 5.41) is 3.71. The van der Waals surface area contributed by atoms with Gasteiger partial charge in [0.05, 0.1) is 6.42 Å². The van der Waals surface area contributed by atoms with Crippen molar-refractivity contribution in [3.63, 3.8) is 0 Å². The van der Waals surface area contributed by atoms with Crippen molar-refractivity contribution < 1.29 is 9.59 Å². The molecular weight excluding hydrogens is 456 g/mol. The molecule has 2 atom stereocenters. The lowest BCUT2D eigenvalue weighted by molar-refractivity contribution is -0.141. The molecule has 0 fully saturated rings. The van der Waals surface area contributed by atoms with Crippen LogP contribution in [-0.4, -0.2) is 28.8 Å². The minimum atomic E-state index is -0.650. The van der Waals surface area contributed by atoms with Crippen LogP contribution < -0.4 is 5.32 Å². The summed E-state index contributed by atoms with van der Waals surface area (Å²) in [4.78, 5) is 29.2. The Morgan fingerprint density at radius 2 is 1.66 bits per heavy atom. The van der Waals surface area contributed by atoms with E-state index in [4.69, 9.17) is 11.6 Å². The molecule has 0 radical (unpaired) electrons. The van der Waals surface area contributed by atoms with Crippen molar-refractivity contribution in [3.05, 3.63) is 106 Å². The molecule has 0 saturated heterocycles. The Morgan fingerprint density at radius 3 is 2.34 bits per heavy atom. The molecular formula is C30H35ClN2O2. The number of hydrogen-bond donors (Lipinski definition) is 1. The van der Waals surface area contributed by atoms with E-state index in [0.717, 1.165) is 34.2 Å². The molecule has 0 saturated carbocycles. The summed E-state index contributed by atoms with van der Waals surface area (Å²) >= 11 is 6.25. The van der Waals surface area contributed by atoms with Crippen molar-refractivity contribution in [1.29, 1.82) is 0 Å². The zero-order chi connectivity index (χ0) is 25.4. The first-order valence-corrected chi connectivity index (χ1v) is 12.6. The average Bonchev–Trinajstić information content (AvgIpc) is 2.84. The van der Waals surface area contributed by atoms with Crippen LogP contribution in [0.5, 0.6) is 0 Å². The van der Waals surface area contributed by atoms with Gasteiger partial charge in [-0.3, -0.25) is 9.59 Å². The Hall–Kier alpha value is -3.11. The van der Waals surface area contributed by atoms with E-state index in [1.165, 1.54) is 0 Å². The SMILES string of the molecule is CC[C@@H](C)NC(=O)[C@@H](Cc1ccccc1)N(Cc1cccc(Cl)c1)C(=O)Cc1cc(C)ccc1C. The molecule has 0 unspecified atom stereocenters. The van der Waals surface area contributed by atoms with Gasteiger partial charge in [0.15, 0.2) is 0 Å². The summed E-state index contributed by atoms with van der Waals surface area (Å²) < 4.78 is 0. The lowest BCUT2D eigenvalue weighted by Crippen LogP contribution is -2.52. The van der Waals surface area contributed by atoms with Gasteiger partial charge in [0.1, 0.15) is 6.04 Å². The van der Waals surface area contributed by atoms with Gasteiger partial charge in [-0.2, -0.15) is 0 Å². The fourth-order valence-corrected chi connectivity index (χ4v) is 4.30. The van der Waals surface area contributed by atoms with Crippen LogP contribution in [0.15, 0.2) is 72.8 Å². The monoisotopic (exact) mass is 490 g/mol. The first-order chi connectivity index (χ1) is 16.8. The van der Waals surface area contributed by atoms with E-state index in [2.05, 4.69) is 11.4 Å². The molecule has 0 spiro atoms. The predicted molar refractivity (Wildman–Crippen MR) is 143 cm³/mol. The Labute approximate surface area is 214 Å². The number of carbonyl (C=O) groups is 2. The molecule has 0 aliphatic rings. The van der Waals surface area contributed by atoms with Crippen molar-refractivity contribution >= 4 is 23.4 Å². The summed E-state index contributed by atoms with van der Waals surface area (Å²) in [6.07, 6.45) is 1.48. The Morgan fingerprint density at radius 1 is 0.943 bits per heavy atom. The average molecular weight is 491 g/mol. The lowest BCUT2D eigenvalue weighted by atomic mass is 9.99. The highest BCUT2D eigenvalue weighted by molar-refractivity contribution is 6.30. The minimum Gasteiger partial charge on any atom is -0.352 e. The topological polar surface area (TPSA) is 49.4 Å². The highest BCUT2D eigenvalue weighted by Crippen LogP contribution is 2.20. The maximum Gasteiger partial charge on any atom is 0.243 e. The predicted octanol–water partition coefficient (Wildman–Crippen LogP) is 6.05. The van der Waals surface area contributed by atoms with Gasteiger partial charge in [-0.1, -0.05) is 84.8 Å². The van der Waals surface area contributed by atoms with Gasteiger partial charge in [0, 0.05) is 24.0 Å². The third-order valence-corrected chi connectivity index (χ3v) is 6.60. The smallest absolute Gasteiger partial charge is 0.243 e. The molecule has 3 aromatic rings. The van der Waals surface area contributed by atoms with Crippen molar-refractivity contribution in [3.8, 4) is 0 Å². The van der Waals surface area contributed by atoms with Crippen LogP contribution in [0.4, 0.5) is 0 Å². The lowest BCUT2D eigenvalue weighted by Gasteiger charge is -2.32. The maximum absolute atomic E-state index is 13.9. The van der Waals surface area contributed by atoms with Gasteiger partial charge in [-0.25, -0.2) is 0 Å². The zero-order valence-corrected chi connectivity index (χ0v) is 21.8. The molecule has 0 aliphatic carbocycles. The van der Waals surface area contributed by atoms with Crippen molar-refractivity contribution in [2.75, 3.05) is 0 Å². The van der Waals surface area contributed by atoms with Gasteiger partial charge in [0.2, 0.25) is 11.8 Å². The molecule has 184 valence electrons. The fraction of sp³-hybridized carbons (Fsp3) is 0.333. The summed E-state index contributed by atoms with van der Waals surface area (Å²) in [7, 11) is 0. The van der Waals surface area contributed by atoms with Gasteiger partial charge < -0.3 is 10.2 Å². The minimum absolute atomic E-state index is 0.0166. The summed E-state index contributed by atoms with van der Waals surface area (Å²) in [6.45, 7) is 8.36. The largest absolute Gasteiger partial charge is 0.352 e. The quantitative estimate of drug-likeness (QED) is 0.376. The number of rotatable bonds is 10. The normalized spacial score (nSPS) is 12.6. The number of aryl methyl sites for hydroxylation is 2. The number of nitrogens with one attached hydrogen (secondary N) is 1. The Balaban J connectivity index is 2.00. The van der Waals surface area contributed by atoms with E-state index in [1.54, 1.807) is 4.90 Å². The zero-order valence-electron chi connectivity index (χ0n) is 21.1. The second kappa shape index (κ2) is 12.6. The highest BCUT2D eigenvalue weighted by atomic mass is 35.5. The van der Waals surface area contributed by atoms with Gasteiger partial charge >= 0.3 is 0 Å². The highest BCUT2D eigenvalue weighted by Gasteiger charge is 2.31. The number of halogens is 1. The molecule has 2 amide bonds. The number of hydrogen-bond acceptors (Lipinski definition) is 2. The van der Waals surface area contributed by atoms with Crippen LogP contribution in [0, 0.1) is 13.8 Å². The first kappa shape index (κ1) is 26.5. The maximum atomic E-state index is 13.9. The molecule has 5 heteroatoms. The van der Waals surface area contributed by atoms with Crippen LogP contribution in [0.2, 0.25) is 5.02 Å². The van der Waals surface area contributed by atoms with E-state index in [9.17, 15) is 9.59 Å². The van der Waals surface area contributed by atoms with E-state index < -0.39 is 6.04 Å². The second-order valence-corrected chi connectivity index (χ2v) is 9.72. The molecule has 3 aromatic carbocycles. The van der Waals surface area contributed by atoms with Gasteiger partial charge in [0.25, 0.3) is 0 Å². The summed E-state index contributed by atoms with van der Waals surface area (Å²) in [6, 6.07) is 22.8. The summed E-state index contributed by atoms with van der Waals surface area (Å²) in [5.74, 6) is -0.224. The van der Waals surface area contributed by atoms with Crippen molar-refractivity contribution in [1.82, 2.24) is 10.2 Å². The Kier molecular flexibility index (Phi) is 9.50. The van der Waals surface area contributed by atoms with E-state index in [-0.39, 0.29) is 24.3 Å². The van der Waals surface area contributed by atoms with E-state index in [0.29, 0.717) is 18.0 Å². The van der Waals surface area contributed by atoms with Crippen molar-refractivity contribution in [2.45, 2.75) is 65.6 Å². The third-order valence-electron chi connectivity index (χ3n) is 6.36. The molecule has 4 nitrogen and oxygen atoms in total. The van der Waals surface area contributed by atoms with Crippen LogP contribution >= 0.6 is 11.6 Å². The molecule has 3 rings (SSSR count). The van der Waals surface area contributed by atoms with Crippen LogP contribution in [0.3, 0.4) is 0 Å².